The molecule has 3 nitrogen and oxygen atoms in total. The zero-order valence-electron chi connectivity index (χ0n) is 10.1. The Labute approximate surface area is 117 Å². The fraction of sp³-hybridized carbons (Fsp3) is 0.455. The number of hydrogen-bond donors (Lipinski definition) is 0. The molecule has 0 amide bonds. The number of pyridine rings is 1. The average Bonchev–Trinajstić information content (AvgIpc) is 2.20. The van der Waals surface area contributed by atoms with Crippen LogP contribution in [-0.2, 0) is 11.0 Å². The van der Waals surface area contributed by atoms with Gasteiger partial charge in [0.15, 0.2) is 0 Å². The highest BCUT2D eigenvalue weighted by molar-refractivity contribution is 9.10. The summed E-state index contributed by atoms with van der Waals surface area (Å²) in [5, 5.41) is 0.361. The Morgan fingerprint density at radius 3 is 2.65 bits per heavy atom. The van der Waals surface area contributed by atoms with Gasteiger partial charge in [-0.2, -0.15) is 4.40 Å². The molecule has 0 aliphatic rings. The van der Waals surface area contributed by atoms with E-state index >= 15 is 0 Å². The van der Waals surface area contributed by atoms with E-state index < -0.39 is 11.0 Å². The molecule has 1 aromatic heterocycles. The molecular formula is C11H14BrClN2OS. The molecule has 0 aliphatic heterocycles. The molecule has 94 valence electrons. The van der Waals surface area contributed by atoms with Gasteiger partial charge < -0.3 is 0 Å². The van der Waals surface area contributed by atoms with E-state index in [0.717, 1.165) is 4.47 Å². The molecular weight excluding hydrogens is 324 g/mol. The van der Waals surface area contributed by atoms with Crippen LogP contribution >= 0.6 is 27.5 Å². The van der Waals surface area contributed by atoms with Crippen molar-refractivity contribution in [3.8, 4) is 0 Å². The Morgan fingerprint density at radius 1 is 1.53 bits per heavy atom. The van der Waals surface area contributed by atoms with Gasteiger partial charge in [-0.1, -0.05) is 11.6 Å². The van der Waals surface area contributed by atoms with Crippen molar-refractivity contribution < 1.29 is 4.21 Å². The first-order valence-electron chi connectivity index (χ1n) is 5.00. The van der Waals surface area contributed by atoms with E-state index in [-0.39, 0.29) is 4.75 Å². The Morgan fingerprint density at radius 2 is 2.12 bits per heavy atom. The molecule has 6 heteroatoms. The lowest BCUT2D eigenvalue weighted by molar-refractivity contribution is 0.650. The molecule has 1 aromatic rings. The lowest BCUT2D eigenvalue weighted by atomic mass is 10.2. The minimum atomic E-state index is -1.30. The van der Waals surface area contributed by atoms with Gasteiger partial charge >= 0.3 is 0 Å². The quantitative estimate of drug-likeness (QED) is 0.609. The smallest absolute Gasteiger partial charge is 0.145 e. The van der Waals surface area contributed by atoms with Gasteiger partial charge in [0.05, 0.1) is 10.5 Å². The lowest BCUT2D eigenvalue weighted by Crippen LogP contribution is -2.20. The van der Waals surface area contributed by atoms with Crippen LogP contribution in [-0.4, -0.2) is 19.7 Å². The molecule has 0 N–H and O–H groups in total. The zero-order valence-corrected chi connectivity index (χ0v) is 13.3. The number of nitrogens with zero attached hydrogens (tertiary/aromatic N) is 2. The summed E-state index contributed by atoms with van der Waals surface area (Å²) in [5.74, 6) is 0. The second kappa shape index (κ2) is 5.59. The second-order valence-electron chi connectivity index (χ2n) is 4.53. The third-order valence-electron chi connectivity index (χ3n) is 1.94. The highest BCUT2D eigenvalue weighted by Gasteiger charge is 2.19. The van der Waals surface area contributed by atoms with Crippen LogP contribution in [0.2, 0.25) is 5.15 Å². The van der Waals surface area contributed by atoms with E-state index in [1.165, 1.54) is 0 Å². The SMILES string of the molecule is CC(=N[S@](=O)C(C)(C)C)c1cc(Br)cnc1Cl. The summed E-state index contributed by atoms with van der Waals surface area (Å²) in [6.07, 6.45) is 1.61. The summed E-state index contributed by atoms with van der Waals surface area (Å²) in [5.41, 5.74) is 1.32. The van der Waals surface area contributed by atoms with Crippen LogP contribution in [0.1, 0.15) is 33.3 Å². The van der Waals surface area contributed by atoms with Crippen molar-refractivity contribution in [2.24, 2.45) is 4.40 Å². The van der Waals surface area contributed by atoms with Gasteiger partial charge in [0.25, 0.3) is 0 Å². The van der Waals surface area contributed by atoms with Gasteiger partial charge in [-0.05, 0) is 49.7 Å². The van der Waals surface area contributed by atoms with Gasteiger partial charge in [0.2, 0.25) is 0 Å². The van der Waals surface area contributed by atoms with E-state index in [4.69, 9.17) is 11.6 Å². The molecule has 0 fully saturated rings. The molecule has 0 radical (unpaired) electrons. The van der Waals surface area contributed by atoms with Gasteiger partial charge in [-0.15, -0.1) is 0 Å². The van der Waals surface area contributed by atoms with E-state index in [1.807, 2.05) is 26.8 Å². The largest absolute Gasteiger partial charge is 0.243 e. The van der Waals surface area contributed by atoms with Crippen molar-refractivity contribution in [3.63, 3.8) is 0 Å². The highest BCUT2D eigenvalue weighted by atomic mass is 79.9. The molecule has 0 saturated carbocycles. The maximum absolute atomic E-state index is 11.9. The zero-order chi connectivity index (χ0) is 13.2. The Balaban J connectivity index is 3.12. The predicted octanol–water partition coefficient (Wildman–Crippen LogP) is 3.77. The summed E-state index contributed by atoms with van der Waals surface area (Å²) in [4.78, 5) is 4.01. The lowest BCUT2D eigenvalue weighted by Gasteiger charge is -2.14. The highest BCUT2D eigenvalue weighted by Crippen LogP contribution is 2.20. The Hall–Kier alpha value is -0.260. The van der Waals surface area contributed by atoms with Gasteiger partial charge in [0, 0.05) is 16.2 Å². The first-order valence-corrected chi connectivity index (χ1v) is 7.28. The molecule has 1 heterocycles. The number of hydrogen-bond acceptors (Lipinski definition) is 2. The number of aromatic nitrogens is 1. The third kappa shape index (κ3) is 4.16. The van der Waals surface area contributed by atoms with E-state index in [0.29, 0.717) is 16.4 Å². The fourth-order valence-corrected chi connectivity index (χ4v) is 2.18. The van der Waals surface area contributed by atoms with Crippen molar-refractivity contribution in [2.75, 3.05) is 0 Å². The molecule has 0 unspecified atom stereocenters. The van der Waals surface area contributed by atoms with E-state index in [9.17, 15) is 4.21 Å². The average molecular weight is 338 g/mol. The van der Waals surface area contributed by atoms with E-state index in [1.54, 1.807) is 13.1 Å². The van der Waals surface area contributed by atoms with Crippen LogP contribution in [0.4, 0.5) is 0 Å². The second-order valence-corrected chi connectivity index (χ2v) is 7.71. The van der Waals surface area contributed by atoms with Crippen molar-refractivity contribution in [1.29, 1.82) is 0 Å². The maximum Gasteiger partial charge on any atom is 0.145 e. The van der Waals surface area contributed by atoms with Crippen LogP contribution in [0.5, 0.6) is 0 Å². The molecule has 1 rings (SSSR count). The van der Waals surface area contributed by atoms with Crippen LogP contribution in [0, 0.1) is 0 Å². The number of halogens is 2. The van der Waals surface area contributed by atoms with E-state index in [2.05, 4.69) is 25.3 Å². The number of rotatable bonds is 2. The van der Waals surface area contributed by atoms with Crippen LogP contribution in [0.15, 0.2) is 21.1 Å². The molecule has 0 aliphatic carbocycles. The van der Waals surface area contributed by atoms with Gasteiger partial charge in [-0.3, -0.25) is 0 Å². The molecule has 0 aromatic carbocycles. The predicted molar refractivity (Wildman–Crippen MR) is 77.1 cm³/mol. The topological polar surface area (TPSA) is 42.3 Å². The fourth-order valence-electron chi connectivity index (χ4n) is 0.987. The molecule has 0 spiro atoms. The van der Waals surface area contributed by atoms with Gasteiger partial charge in [-0.25, -0.2) is 9.19 Å². The standard InChI is InChI=1S/C11H14BrClN2OS/c1-7(15-17(16)11(2,3)4)9-5-8(12)6-14-10(9)13/h5-6H,1-4H3/t17-/m1/s1. The van der Waals surface area contributed by atoms with Crippen molar-refractivity contribution >= 4 is 44.2 Å². The first-order chi connectivity index (χ1) is 7.71. The van der Waals surface area contributed by atoms with Crippen LogP contribution in [0.3, 0.4) is 0 Å². The van der Waals surface area contributed by atoms with Crippen molar-refractivity contribution in [2.45, 2.75) is 32.4 Å². The normalized spacial score (nSPS) is 14.8. The molecule has 1 atom stereocenters. The molecule has 0 saturated heterocycles. The Bertz CT molecular complexity index is 483. The summed E-state index contributed by atoms with van der Waals surface area (Å²) < 4.78 is 16.5. The Kier molecular flexibility index (Phi) is 4.86. The molecule has 17 heavy (non-hydrogen) atoms. The molecule has 0 bridgehead atoms. The summed E-state index contributed by atoms with van der Waals surface area (Å²) in [6.45, 7) is 7.40. The van der Waals surface area contributed by atoms with Crippen LogP contribution < -0.4 is 0 Å². The minimum Gasteiger partial charge on any atom is -0.243 e. The summed E-state index contributed by atoms with van der Waals surface area (Å²) in [6, 6.07) is 1.81. The maximum atomic E-state index is 11.9. The summed E-state index contributed by atoms with van der Waals surface area (Å²) >= 11 is 9.30. The third-order valence-corrected chi connectivity index (χ3v) is 4.16. The van der Waals surface area contributed by atoms with Crippen LogP contribution in [0.25, 0.3) is 0 Å². The first kappa shape index (κ1) is 14.8. The summed E-state index contributed by atoms with van der Waals surface area (Å²) in [7, 11) is -1.30. The van der Waals surface area contributed by atoms with Crippen molar-refractivity contribution in [1.82, 2.24) is 4.98 Å². The minimum absolute atomic E-state index is 0.361. The monoisotopic (exact) mass is 336 g/mol. The van der Waals surface area contributed by atoms with Crippen molar-refractivity contribution in [3.05, 3.63) is 27.5 Å². The van der Waals surface area contributed by atoms with Gasteiger partial charge in [0.1, 0.15) is 16.1 Å².